The molecule has 0 radical (unpaired) electrons. The van der Waals surface area contributed by atoms with Crippen LogP contribution in [-0.4, -0.2) is 20.1 Å². The molecule has 0 saturated carbocycles. The average Bonchev–Trinajstić information content (AvgIpc) is 3.03. The third-order valence-corrected chi connectivity index (χ3v) is 5.18. The molecule has 0 saturated heterocycles. The average molecular weight is 364 g/mol. The quantitative estimate of drug-likeness (QED) is 0.773. The molecule has 6 heteroatoms. The standard InChI is InChI=1S/C21H24N4O2/c1-14(2)15-6-5-7-16(12-15)22-19(26)13-24-10-11-25-20(21(24)27)17-8-3-4-9-18(17)23-25/h5-7,10-12,14H,3-4,8-9,13H2,1-2H3,(H,22,26). The zero-order chi connectivity index (χ0) is 19.0. The molecule has 3 aromatic rings. The van der Waals surface area contributed by atoms with Crippen LogP contribution in [0, 0.1) is 0 Å². The summed E-state index contributed by atoms with van der Waals surface area (Å²) in [7, 11) is 0. The summed E-state index contributed by atoms with van der Waals surface area (Å²) in [5.41, 5.74) is 4.44. The van der Waals surface area contributed by atoms with Crippen molar-refractivity contribution in [2.45, 2.75) is 52.0 Å². The summed E-state index contributed by atoms with van der Waals surface area (Å²) in [6.45, 7) is 4.21. The highest BCUT2D eigenvalue weighted by Gasteiger charge is 2.20. The molecule has 0 atom stereocenters. The highest BCUT2D eigenvalue weighted by molar-refractivity contribution is 5.90. The largest absolute Gasteiger partial charge is 0.325 e. The molecule has 4 rings (SSSR count). The van der Waals surface area contributed by atoms with Gasteiger partial charge in [0.1, 0.15) is 12.1 Å². The van der Waals surface area contributed by atoms with Gasteiger partial charge in [-0.25, -0.2) is 4.52 Å². The number of anilines is 1. The van der Waals surface area contributed by atoms with Crippen molar-refractivity contribution in [3.63, 3.8) is 0 Å². The van der Waals surface area contributed by atoms with E-state index in [4.69, 9.17) is 0 Å². The maximum atomic E-state index is 12.9. The molecule has 0 fully saturated rings. The van der Waals surface area contributed by atoms with Crippen molar-refractivity contribution in [1.82, 2.24) is 14.2 Å². The molecule has 27 heavy (non-hydrogen) atoms. The van der Waals surface area contributed by atoms with Crippen molar-refractivity contribution in [3.05, 3.63) is 63.8 Å². The van der Waals surface area contributed by atoms with Gasteiger partial charge in [0.15, 0.2) is 0 Å². The zero-order valence-corrected chi connectivity index (χ0v) is 15.7. The number of nitrogens with zero attached hydrogens (tertiary/aromatic N) is 3. The second-order valence-corrected chi connectivity index (χ2v) is 7.49. The summed E-state index contributed by atoms with van der Waals surface area (Å²) in [6.07, 6.45) is 7.40. The van der Waals surface area contributed by atoms with E-state index >= 15 is 0 Å². The van der Waals surface area contributed by atoms with E-state index in [1.807, 2.05) is 24.3 Å². The van der Waals surface area contributed by atoms with Crippen LogP contribution in [0.4, 0.5) is 5.69 Å². The van der Waals surface area contributed by atoms with E-state index in [1.54, 1.807) is 16.9 Å². The molecule has 1 aliphatic carbocycles. The maximum Gasteiger partial charge on any atom is 0.277 e. The van der Waals surface area contributed by atoms with Crippen LogP contribution in [0.2, 0.25) is 0 Å². The molecule has 1 N–H and O–H groups in total. The number of hydrogen-bond acceptors (Lipinski definition) is 3. The van der Waals surface area contributed by atoms with Crippen molar-refractivity contribution >= 4 is 17.1 Å². The van der Waals surface area contributed by atoms with Gasteiger partial charge in [-0.15, -0.1) is 0 Å². The number of amides is 1. The zero-order valence-electron chi connectivity index (χ0n) is 15.7. The third-order valence-electron chi connectivity index (χ3n) is 5.18. The number of aromatic nitrogens is 3. The van der Waals surface area contributed by atoms with Crippen LogP contribution in [-0.2, 0) is 24.2 Å². The minimum absolute atomic E-state index is 0.0127. The van der Waals surface area contributed by atoms with Gasteiger partial charge in [-0.1, -0.05) is 26.0 Å². The van der Waals surface area contributed by atoms with Gasteiger partial charge < -0.3 is 9.88 Å². The van der Waals surface area contributed by atoms with E-state index in [1.165, 1.54) is 4.57 Å². The fourth-order valence-electron chi connectivity index (χ4n) is 3.71. The molecule has 1 aliphatic rings. The Kier molecular flexibility index (Phi) is 4.56. The Morgan fingerprint density at radius 3 is 2.85 bits per heavy atom. The van der Waals surface area contributed by atoms with E-state index in [2.05, 4.69) is 24.3 Å². The van der Waals surface area contributed by atoms with Crippen molar-refractivity contribution < 1.29 is 4.79 Å². The fourth-order valence-corrected chi connectivity index (χ4v) is 3.71. The predicted molar refractivity (Wildman–Crippen MR) is 105 cm³/mol. The number of rotatable bonds is 4. The third kappa shape index (κ3) is 3.39. The first-order valence-corrected chi connectivity index (χ1v) is 9.52. The van der Waals surface area contributed by atoms with E-state index in [0.717, 1.165) is 48.2 Å². The van der Waals surface area contributed by atoms with Gasteiger partial charge in [0.25, 0.3) is 5.56 Å². The Labute approximate surface area is 157 Å². The molecule has 0 bridgehead atoms. The Balaban J connectivity index is 1.58. The van der Waals surface area contributed by atoms with Crippen LogP contribution in [0.5, 0.6) is 0 Å². The lowest BCUT2D eigenvalue weighted by Gasteiger charge is -2.11. The second-order valence-electron chi connectivity index (χ2n) is 7.49. The van der Waals surface area contributed by atoms with Crippen molar-refractivity contribution in [2.75, 3.05) is 5.32 Å². The van der Waals surface area contributed by atoms with Gasteiger partial charge in [0, 0.05) is 23.6 Å². The topological polar surface area (TPSA) is 68.4 Å². The molecule has 0 unspecified atom stereocenters. The highest BCUT2D eigenvalue weighted by atomic mass is 16.2. The number of aryl methyl sites for hydroxylation is 2. The SMILES string of the molecule is CC(C)c1cccc(NC(=O)Cn2ccn3nc4c(c3c2=O)CCCC4)c1. The van der Waals surface area contributed by atoms with Crippen molar-refractivity contribution in [3.8, 4) is 0 Å². The molecule has 1 aromatic carbocycles. The summed E-state index contributed by atoms with van der Waals surface area (Å²) in [4.78, 5) is 25.4. The monoisotopic (exact) mass is 364 g/mol. The van der Waals surface area contributed by atoms with Crippen molar-refractivity contribution in [1.29, 1.82) is 0 Å². The lowest BCUT2D eigenvalue weighted by molar-refractivity contribution is -0.116. The van der Waals surface area contributed by atoms with E-state index in [-0.39, 0.29) is 18.0 Å². The first-order chi connectivity index (χ1) is 13.0. The van der Waals surface area contributed by atoms with Crippen LogP contribution in [0.25, 0.3) is 5.52 Å². The molecule has 2 aromatic heterocycles. The number of carbonyl (C=O) groups is 1. The predicted octanol–water partition coefficient (Wildman–Crippen LogP) is 3.14. The second kappa shape index (κ2) is 7.02. The van der Waals surface area contributed by atoms with Crippen molar-refractivity contribution in [2.24, 2.45) is 0 Å². The Morgan fingerprint density at radius 2 is 2.04 bits per heavy atom. The lowest BCUT2D eigenvalue weighted by Crippen LogP contribution is -2.28. The molecule has 2 heterocycles. The van der Waals surface area contributed by atoms with Crippen LogP contribution in [0.15, 0.2) is 41.5 Å². The summed E-state index contributed by atoms with van der Waals surface area (Å²) >= 11 is 0. The summed E-state index contributed by atoms with van der Waals surface area (Å²) in [5.74, 6) is 0.177. The molecule has 6 nitrogen and oxygen atoms in total. The molecular weight excluding hydrogens is 340 g/mol. The number of benzene rings is 1. The highest BCUT2D eigenvalue weighted by Crippen LogP contribution is 2.22. The van der Waals surface area contributed by atoms with E-state index < -0.39 is 0 Å². The molecule has 0 aliphatic heterocycles. The lowest BCUT2D eigenvalue weighted by atomic mass is 9.97. The molecule has 0 spiro atoms. The minimum Gasteiger partial charge on any atom is -0.325 e. The molecule has 140 valence electrons. The van der Waals surface area contributed by atoms with Crippen LogP contribution < -0.4 is 10.9 Å². The number of hydrogen-bond donors (Lipinski definition) is 1. The van der Waals surface area contributed by atoms with Gasteiger partial charge in [0.2, 0.25) is 5.91 Å². The van der Waals surface area contributed by atoms with E-state index in [9.17, 15) is 9.59 Å². The Hall–Kier alpha value is -2.89. The van der Waals surface area contributed by atoms with Gasteiger partial charge in [0.05, 0.1) is 5.69 Å². The minimum atomic E-state index is -0.212. The normalized spacial score (nSPS) is 13.7. The van der Waals surface area contributed by atoms with Crippen LogP contribution in [0.3, 0.4) is 0 Å². The molecular formula is C21H24N4O2. The summed E-state index contributed by atoms with van der Waals surface area (Å²) in [5, 5.41) is 7.43. The maximum absolute atomic E-state index is 12.9. The first-order valence-electron chi connectivity index (χ1n) is 9.52. The first kappa shape index (κ1) is 17.5. The number of fused-ring (bicyclic) bond motifs is 3. The summed E-state index contributed by atoms with van der Waals surface area (Å²) in [6, 6.07) is 7.81. The van der Waals surface area contributed by atoms with E-state index in [0.29, 0.717) is 11.4 Å². The fraction of sp³-hybridized carbons (Fsp3) is 0.381. The molecule has 1 amide bonds. The van der Waals surface area contributed by atoms with Gasteiger partial charge in [-0.3, -0.25) is 9.59 Å². The van der Waals surface area contributed by atoms with Gasteiger partial charge >= 0.3 is 0 Å². The smallest absolute Gasteiger partial charge is 0.277 e. The van der Waals surface area contributed by atoms with Gasteiger partial charge in [-0.05, 0) is 49.3 Å². The summed E-state index contributed by atoms with van der Waals surface area (Å²) < 4.78 is 3.13. The number of carbonyl (C=O) groups excluding carboxylic acids is 1. The van der Waals surface area contributed by atoms with Gasteiger partial charge in [-0.2, -0.15) is 5.10 Å². The number of nitrogens with one attached hydrogen (secondary N) is 1. The van der Waals surface area contributed by atoms with Crippen LogP contribution >= 0.6 is 0 Å². The Bertz CT molecular complexity index is 1060. The Morgan fingerprint density at radius 1 is 1.22 bits per heavy atom. The van der Waals surface area contributed by atoms with Crippen LogP contribution in [0.1, 0.15) is 49.4 Å².